The number of allylic oxidation sites excluding steroid dienone is 1. The molecule has 1 aliphatic rings. The van der Waals surface area contributed by atoms with Crippen LogP contribution in [0.5, 0.6) is 0 Å². The maximum absolute atomic E-state index is 12.8. The third-order valence-corrected chi connectivity index (χ3v) is 6.07. The van der Waals surface area contributed by atoms with Crippen LogP contribution in [0, 0.1) is 5.92 Å². The van der Waals surface area contributed by atoms with Crippen LogP contribution in [0.3, 0.4) is 0 Å². The molecule has 1 fully saturated rings. The predicted molar refractivity (Wildman–Crippen MR) is 124 cm³/mol. The standard InChI is InChI=1S/C24H25N7O/c1-3-16(2)30-11-5-6-17(15-30)24(32)26-13-18-12-20-19(8-10-25-23(20)29-18)21-14-28-31-22(21)7-4-9-27-31/h3-4,7-10,12,14,17H,1-2,5-6,11,13,15H2,(H,25,29)(H,26,32)/t17-/m0/s1. The topological polar surface area (TPSA) is 91.2 Å². The van der Waals surface area contributed by atoms with Crippen molar-refractivity contribution < 1.29 is 4.79 Å². The summed E-state index contributed by atoms with van der Waals surface area (Å²) in [6, 6.07) is 7.91. The molecule has 1 saturated heterocycles. The third-order valence-electron chi connectivity index (χ3n) is 6.07. The number of aromatic amines is 1. The van der Waals surface area contributed by atoms with Crippen LogP contribution in [0.15, 0.2) is 67.8 Å². The molecule has 0 spiro atoms. The van der Waals surface area contributed by atoms with Crippen LogP contribution in [-0.2, 0) is 11.3 Å². The molecule has 0 bridgehead atoms. The van der Waals surface area contributed by atoms with Crippen LogP contribution in [0.4, 0.5) is 0 Å². The molecule has 0 radical (unpaired) electrons. The molecule has 0 aromatic carbocycles. The molecule has 1 aliphatic heterocycles. The van der Waals surface area contributed by atoms with Gasteiger partial charge in [-0.15, -0.1) is 0 Å². The molecule has 5 heterocycles. The Kier molecular flexibility index (Phi) is 5.18. The number of amides is 1. The number of aromatic nitrogens is 5. The number of nitrogens with one attached hydrogen (secondary N) is 2. The third kappa shape index (κ3) is 3.64. The second kappa shape index (κ2) is 8.30. The lowest BCUT2D eigenvalue weighted by molar-refractivity contribution is -0.126. The summed E-state index contributed by atoms with van der Waals surface area (Å²) in [7, 11) is 0. The summed E-state index contributed by atoms with van der Waals surface area (Å²) in [6.45, 7) is 9.81. The van der Waals surface area contributed by atoms with Crippen molar-refractivity contribution in [1.82, 2.24) is 35.0 Å². The van der Waals surface area contributed by atoms with E-state index in [9.17, 15) is 4.79 Å². The lowest BCUT2D eigenvalue weighted by atomic mass is 9.96. The number of carbonyl (C=O) groups is 1. The average molecular weight is 428 g/mol. The summed E-state index contributed by atoms with van der Waals surface area (Å²) in [6.07, 6.45) is 8.90. The van der Waals surface area contributed by atoms with Crippen molar-refractivity contribution in [3.05, 3.63) is 73.5 Å². The highest BCUT2D eigenvalue weighted by Crippen LogP contribution is 2.30. The van der Waals surface area contributed by atoms with Gasteiger partial charge in [-0.3, -0.25) is 4.79 Å². The second-order valence-corrected chi connectivity index (χ2v) is 8.07. The summed E-state index contributed by atoms with van der Waals surface area (Å²) in [5.74, 6) is 0.0110. The van der Waals surface area contributed by atoms with E-state index in [1.165, 1.54) is 0 Å². The van der Waals surface area contributed by atoms with E-state index in [1.807, 2.05) is 30.5 Å². The molecule has 32 heavy (non-hydrogen) atoms. The van der Waals surface area contributed by atoms with Gasteiger partial charge < -0.3 is 15.2 Å². The van der Waals surface area contributed by atoms with E-state index in [-0.39, 0.29) is 11.8 Å². The van der Waals surface area contributed by atoms with Crippen molar-refractivity contribution in [1.29, 1.82) is 0 Å². The van der Waals surface area contributed by atoms with Gasteiger partial charge in [0.1, 0.15) is 5.65 Å². The Hall–Kier alpha value is -3.94. The van der Waals surface area contributed by atoms with Crippen molar-refractivity contribution >= 4 is 22.5 Å². The van der Waals surface area contributed by atoms with E-state index in [0.29, 0.717) is 13.1 Å². The number of fused-ring (bicyclic) bond motifs is 2. The first-order chi connectivity index (χ1) is 15.6. The Morgan fingerprint density at radius 1 is 1.28 bits per heavy atom. The molecule has 8 nitrogen and oxygen atoms in total. The highest BCUT2D eigenvalue weighted by Gasteiger charge is 2.25. The fourth-order valence-electron chi connectivity index (χ4n) is 4.36. The Balaban J connectivity index is 1.34. The van der Waals surface area contributed by atoms with Gasteiger partial charge in [0.25, 0.3) is 0 Å². The lowest BCUT2D eigenvalue weighted by Gasteiger charge is -2.33. The SMILES string of the molecule is C=CC(=C)N1CCC[C@H](C(=O)NCc2cc3c(-c4cnn5ncccc45)ccnc3[nH]2)C1. The number of hydrogen-bond acceptors (Lipinski definition) is 5. The lowest BCUT2D eigenvalue weighted by Crippen LogP contribution is -2.42. The molecule has 8 heteroatoms. The average Bonchev–Trinajstić information content (AvgIpc) is 3.46. The number of hydrogen-bond donors (Lipinski definition) is 2. The van der Waals surface area contributed by atoms with Gasteiger partial charge in [-0.2, -0.15) is 14.8 Å². The van der Waals surface area contributed by atoms with E-state index in [0.717, 1.165) is 58.5 Å². The second-order valence-electron chi connectivity index (χ2n) is 8.07. The Morgan fingerprint density at radius 2 is 2.19 bits per heavy atom. The van der Waals surface area contributed by atoms with Crippen LogP contribution < -0.4 is 5.32 Å². The summed E-state index contributed by atoms with van der Waals surface area (Å²) in [5.41, 5.74) is 5.51. The number of carbonyl (C=O) groups excluding carboxylic acids is 1. The van der Waals surface area contributed by atoms with Gasteiger partial charge in [0, 0.05) is 47.8 Å². The molecular formula is C24H25N7O. The largest absolute Gasteiger partial charge is 0.371 e. The van der Waals surface area contributed by atoms with Gasteiger partial charge in [-0.1, -0.05) is 13.2 Å². The van der Waals surface area contributed by atoms with Crippen LogP contribution in [0.2, 0.25) is 0 Å². The minimum Gasteiger partial charge on any atom is -0.371 e. The van der Waals surface area contributed by atoms with Gasteiger partial charge in [0.15, 0.2) is 0 Å². The first kappa shape index (κ1) is 20.0. The molecule has 4 aromatic rings. The van der Waals surface area contributed by atoms with Gasteiger partial charge in [0.05, 0.1) is 24.2 Å². The zero-order valence-corrected chi connectivity index (χ0v) is 17.8. The molecule has 0 aliphatic carbocycles. The molecule has 5 rings (SSSR count). The number of piperidine rings is 1. The smallest absolute Gasteiger partial charge is 0.225 e. The molecule has 162 valence electrons. The van der Waals surface area contributed by atoms with Crippen molar-refractivity contribution in [2.45, 2.75) is 19.4 Å². The Bertz CT molecular complexity index is 1320. The zero-order valence-electron chi connectivity index (χ0n) is 17.8. The van der Waals surface area contributed by atoms with E-state index >= 15 is 0 Å². The minimum atomic E-state index is -0.0511. The van der Waals surface area contributed by atoms with Crippen molar-refractivity contribution in [2.24, 2.45) is 5.92 Å². The highest BCUT2D eigenvalue weighted by molar-refractivity contribution is 5.97. The van der Waals surface area contributed by atoms with Crippen LogP contribution >= 0.6 is 0 Å². The van der Waals surface area contributed by atoms with Gasteiger partial charge >= 0.3 is 0 Å². The monoisotopic (exact) mass is 427 g/mol. The molecule has 0 unspecified atom stereocenters. The molecule has 1 atom stereocenters. The fraction of sp³-hybridized carbons (Fsp3) is 0.250. The number of H-pyrrole nitrogens is 1. The van der Waals surface area contributed by atoms with Crippen LogP contribution in [-0.4, -0.2) is 48.7 Å². The first-order valence-corrected chi connectivity index (χ1v) is 10.7. The maximum Gasteiger partial charge on any atom is 0.225 e. The van der Waals surface area contributed by atoms with Gasteiger partial charge in [-0.25, -0.2) is 4.98 Å². The van der Waals surface area contributed by atoms with Crippen molar-refractivity contribution in [3.63, 3.8) is 0 Å². The number of rotatable bonds is 6. The van der Waals surface area contributed by atoms with E-state index in [1.54, 1.807) is 23.1 Å². The summed E-state index contributed by atoms with van der Waals surface area (Å²) in [4.78, 5) is 22.7. The van der Waals surface area contributed by atoms with Crippen molar-refractivity contribution in [2.75, 3.05) is 13.1 Å². The van der Waals surface area contributed by atoms with Crippen molar-refractivity contribution in [3.8, 4) is 11.1 Å². The predicted octanol–water partition coefficient (Wildman–Crippen LogP) is 3.30. The summed E-state index contributed by atoms with van der Waals surface area (Å²) in [5, 5.41) is 12.7. The Labute approximate surface area is 185 Å². The maximum atomic E-state index is 12.8. The quantitative estimate of drug-likeness (QED) is 0.461. The summed E-state index contributed by atoms with van der Waals surface area (Å²) < 4.78 is 1.61. The van der Waals surface area contributed by atoms with E-state index < -0.39 is 0 Å². The zero-order chi connectivity index (χ0) is 22.1. The number of nitrogens with zero attached hydrogens (tertiary/aromatic N) is 5. The number of pyridine rings is 1. The Morgan fingerprint density at radius 3 is 3.06 bits per heavy atom. The molecule has 0 saturated carbocycles. The van der Waals surface area contributed by atoms with E-state index in [4.69, 9.17) is 0 Å². The molecule has 4 aromatic heterocycles. The van der Waals surface area contributed by atoms with Gasteiger partial charge in [0.2, 0.25) is 5.91 Å². The molecular weight excluding hydrogens is 402 g/mol. The first-order valence-electron chi connectivity index (χ1n) is 10.7. The minimum absolute atomic E-state index is 0.0511. The van der Waals surface area contributed by atoms with E-state index in [2.05, 4.69) is 43.5 Å². The normalized spacial score (nSPS) is 16.4. The molecule has 2 N–H and O–H groups in total. The van der Waals surface area contributed by atoms with Crippen LogP contribution in [0.25, 0.3) is 27.7 Å². The highest BCUT2D eigenvalue weighted by atomic mass is 16.1. The fourth-order valence-corrected chi connectivity index (χ4v) is 4.36. The molecule has 1 amide bonds. The summed E-state index contributed by atoms with van der Waals surface area (Å²) >= 11 is 0. The van der Waals surface area contributed by atoms with Gasteiger partial charge in [-0.05, 0) is 48.7 Å². The number of likely N-dealkylation sites (tertiary alicyclic amines) is 1. The van der Waals surface area contributed by atoms with Crippen LogP contribution in [0.1, 0.15) is 18.5 Å².